The van der Waals surface area contributed by atoms with Crippen molar-refractivity contribution in [2.24, 2.45) is 0 Å². The van der Waals surface area contributed by atoms with Crippen LogP contribution in [0.5, 0.6) is 0 Å². The fourth-order valence-electron chi connectivity index (χ4n) is 3.65. The monoisotopic (exact) mass is 542 g/mol. The fraction of sp³-hybridized carbons (Fsp3) is 0.192. The largest absolute Gasteiger partial charge is 0.472 e. The van der Waals surface area contributed by atoms with Gasteiger partial charge in [-0.1, -0.05) is 54.6 Å². The van der Waals surface area contributed by atoms with E-state index in [0.717, 1.165) is 0 Å². The Morgan fingerprint density at radius 2 is 1.05 bits per heavy atom. The molecule has 1 aliphatic heterocycles. The van der Waals surface area contributed by atoms with Crippen molar-refractivity contribution in [3.63, 3.8) is 0 Å². The highest BCUT2D eigenvalue weighted by Crippen LogP contribution is 2.41. The molecule has 0 saturated carbocycles. The van der Waals surface area contributed by atoms with Crippen LogP contribution >= 0.6 is 7.82 Å². The SMILES string of the molecule is O=C(O[C@H]1[C@H](OP(=O)(O)O)OC[C@@H](OC(=O)c2ccccc2)[C@H]1OC(=O)c1ccccc1)c1ccccc1. The highest BCUT2D eigenvalue weighted by Gasteiger charge is 2.50. The first-order valence-corrected chi connectivity index (χ1v) is 12.9. The molecule has 198 valence electrons. The minimum absolute atomic E-state index is 0.0963. The molecule has 0 unspecified atom stereocenters. The summed E-state index contributed by atoms with van der Waals surface area (Å²) in [4.78, 5) is 57.5. The van der Waals surface area contributed by atoms with E-state index in [1.807, 2.05) is 0 Å². The van der Waals surface area contributed by atoms with Gasteiger partial charge in [0.1, 0.15) is 0 Å². The van der Waals surface area contributed by atoms with Gasteiger partial charge in [0.05, 0.1) is 23.3 Å². The van der Waals surface area contributed by atoms with Gasteiger partial charge >= 0.3 is 25.7 Å². The maximum atomic E-state index is 13.0. The number of ether oxygens (including phenoxy) is 4. The Morgan fingerprint density at radius 3 is 1.47 bits per heavy atom. The van der Waals surface area contributed by atoms with Crippen molar-refractivity contribution >= 4 is 25.7 Å². The Balaban J connectivity index is 1.67. The number of phosphoric ester groups is 1. The van der Waals surface area contributed by atoms with E-state index in [0.29, 0.717) is 0 Å². The van der Waals surface area contributed by atoms with E-state index in [-0.39, 0.29) is 16.7 Å². The summed E-state index contributed by atoms with van der Waals surface area (Å²) in [5, 5.41) is 0. The molecule has 2 N–H and O–H groups in total. The van der Waals surface area contributed by atoms with E-state index >= 15 is 0 Å². The van der Waals surface area contributed by atoms with E-state index in [9.17, 15) is 28.7 Å². The van der Waals surface area contributed by atoms with Gasteiger partial charge in [-0.25, -0.2) is 18.9 Å². The van der Waals surface area contributed by atoms with Crippen LogP contribution in [0, 0.1) is 0 Å². The smallest absolute Gasteiger partial charge is 0.452 e. The summed E-state index contributed by atoms with van der Waals surface area (Å²) in [5.41, 5.74) is 0.416. The van der Waals surface area contributed by atoms with Gasteiger partial charge in [0.15, 0.2) is 18.3 Å². The van der Waals surface area contributed by atoms with Crippen LogP contribution in [0.3, 0.4) is 0 Å². The lowest BCUT2D eigenvalue weighted by Crippen LogP contribution is -2.58. The third kappa shape index (κ3) is 7.12. The van der Waals surface area contributed by atoms with E-state index in [2.05, 4.69) is 0 Å². The number of phosphoric acid groups is 1. The van der Waals surface area contributed by atoms with E-state index in [4.69, 9.17) is 23.5 Å². The van der Waals surface area contributed by atoms with Crippen molar-refractivity contribution in [2.75, 3.05) is 6.61 Å². The molecule has 38 heavy (non-hydrogen) atoms. The molecule has 0 bridgehead atoms. The second-order valence-electron chi connectivity index (χ2n) is 8.08. The maximum Gasteiger partial charge on any atom is 0.472 e. The number of rotatable bonds is 8. The Bertz CT molecular complexity index is 1290. The molecular formula is C26H23O11P. The Labute approximate surface area is 217 Å². The first kappa shape index (κ1) is 27.2. The normalized spacial score (nSPS) is 21.2. The third-order valence-corrected chi connectivity index (χ3v) is 5.88. The number of carbonyl (C=O) groups excluding carboxylic acids is 3. The average Bonchev–Trinajstić information content (AvgIpc) is 2.92. The van der Waals surface area contributed by atoms with Crippen molar-refractivity contribution in [3.05, 3.63) is 108 Å². The molecular weight excluding hydrogens is 519 g/mol. The van der Waals surface area contributed by atoms with Crippen molar-refractivity contribution in [1.82, 2.24) is 0 Å². The predicted molar refractivity (Wildman–Crippen MR) is 130 cm³/mol. The highest BCUT2D eigenvalue weighted by atomic mass is 31.2. The predicted octanol–water partition coefficient (Wildman–Crippen LogP) is 3.13. The lowest BCUT2D eigenvalue weighted by molar-refractivity contribution is -0.245. The molecule has 3 aromatic carbocycles. The van der Waals surface area contributed by atoms with Gasteiger partial charge in [-0.3, -0.25) is 4.52 Å². The Kier molecular flexibility index (Phi) is 8.67. The molecule has 0 aliphatic carbocycles. The summed E-state index contributed by atoms with van der Waals surface area (Å²) >= 11 is 0. The second kappa shape index (κ2) is 12.1. The minimum Gasteiger partial charge on any atom is -0.452 e. The van der Waals surface area contributed by atoms with E-state index in [1.54, 1.807) is 54.6 Å². The van der Waals surface area contributed by atoms with E-state index in [1.165, 1.54) is 36.4 Å². The molecule has 1 saturated heterocycles. The number of benzene rings is 3. The quantitative estimate of drug-likeness (QED) is 0.245. The number of carbonyl (C=O) groups is 3. The zero-order valence-electron chi connectivity index (χ0n) is 19.7. The van der Waals surface area contributed by atoms with Crippen LogP contribution in [0.25, 0.3) is 0 Å². The maximum absolute atomic E-state index is 13.0. The molecule has 1 aliphatic rings. The molecule has 0 aromatic heterocycles. The zero-order valence-corrected chi connectivity index (χ0v) is 20.6. The first-order chi connectivity index (χ1) is 18.2. The second-order valence-corrected chi connectivity index (χ2v) is 9.27. The van der Waals surface area contributed by atoms with Crippen LogP contribution in [0.1, 0.15) is 31.1 Å². The van der Waals surface area contributed by atoms with Crippen molar-refractivity contribution in [2.45, 2.75) is 24.6 Å². The van der Waals surface area contributed by atoms with Gasteiger partial charge in [0, 0.05) is 0 Å². The van der Waals surface area contributed by atoms with Gasteiger partial charge in [-0.05, 0) is 36.4 Å². The average molecular weight is 542 g/mol. The molecule has 0 radical (unpaired) electrons. The van der Waals surface area contributed by atoms with Crippen LogP contribution in [0.4, 0.5) is 0 Å². The van der Waals surface area contributed by atoms with Gasteiger partial charge in [0.25, 0.3) is 0 Å². The van der Waals surface area contributed by atoms with Gasteiger partial charge < -0.3 is 28.7 Å². The van der Waals surface area contributed by atoms with Gasteiger partial charge in [-0.2, -0.15) is 0 Å². The summed E-state index contributed by atoms with van der Waals surface area (Å²) in [5.74, 6) is -2.58. The molecule has 4 atom stereocenters. The Morgan fingerprint density at radius 1 is 0.658 bits per heavy atom. The molecule has 1 fully saturated rings. The molecule has 1 heterocycles. The summed E-state index contributed by atoms with van der Waals surface area (Å²) < 4.78 is 38.4. The van der Waals surface area contributed by atoms with Crippen LogP contribution in [0.2, 0.25) is 0 Å². The highest BCUT2D eigenvalue weighted by molar-refractivity contribution is 7.46. The lowest BCUT2D eigenvalue weighted by atomic mass is 10.0. The zero-order chi connectivity index (χ0) is 27.1. The third-order valence-electron chi connectivity index (χ3n) is 5.40. The Hall–Kier alpha value is -3.86. The standard InChI is InChI=1S/C26H23O11P/c27-23(17-10-4-1-5-11-17)34-20-16-33-26(37-38(30,31)32)22(36-25(29)19-14-8-3-9-15-19)21(20)35-24(28)18-12-6-2-7-13-18/h1-15,20-22,26H,16H2,(H2,30,31,32)/t20-,21-,22-,26+/m1/s1. The number of esters is 3. The molecule has 0 spiro atoms. The van der Waals surface area contributed by atoms with Crippen LogP contribution in [0.15, 0.2) is 91.0 Å². The van der Waals surface area contributed by atoms with Crippen molar-refractivity contribution in [1.29, 1.82) is 0 Å². The number of hydrogen-bond donors (Lipinski definition) is 2. The van der Waals surface area contributed by atoms with Crippen LogP contribution in [-0.4, -0.2) is 58.9 Å². The van der Waals surface area contributed by atoms with Crippen molar-refractivity contribution < 1.29 is 52.2 Å². The lowest BCUT2D eigenvalue weighted by Gasteiger charge is -2.40. The molecule has 0 amide bonds. The first-order valence-electron chi connectivity index (χ1n) is 11.3. The molecule has 3 aromatic rings. The van der Waals surface area contributed by atoms with Gasteiger partial charge in [-0.15, -0.1) is 0 Å². The molecule has 4 rings (SSSR count). The molecule has 12 heteroatoms. The fourth-order valence-corrected chi connectivity index (χ4v) is 4.10. The number of hydrogen-bond acceptors (Lipinski definition) is 9. The topological polar surface area (TPSA) is 155 Å². The summed E-state index contributed by atoms with van der Waals surface area (Å²) in [6.45, 7) is -0.491. The van der Waals surface area contributed by atoms with Crippen LogP contribution < -0.4 is 0 Å². The van der Waals surface area contributed by atoms with Crippen molar-refractivity contribution in [3.8, 4) is 0 Å². The minimum atomic E-state index is -5.17. The van der Waals surface area contributed by atoms with E-state index < -0.39 is 56.9 Å². The summed E-state index contributed by atoms with van der Waals surface area (Å²) in [7, 11) is -5.17. The molecule has 11 nitrogen and oxygen atoms in total. The van der Waals surface area contributed by atoms with Crippen LogP contribution in [-0.2, 0) is 28.0 Å². The summed E-state index contributed by atoms with van der Waals surface area (Å²) in [6.07, 6.45) is -6.48. The summed E-state index contributed by atoms with van der Waals surface area (Å²) in [6, 6.07) is 23.5. The van der Waals surface area contributed by atoms with Gasteiger partial charge in [0.2, 0.25) is 6.29 Å².